The van der Waals surface area contributed by atoms with Crippen LogP contribution in [-0.2, 0) is 4.43 Å². The zero-order valence-electron chi connectivity index (χ0n) is 10.7. The summed E-state index contributed by atoms with van der Waals surface area (Å²) in [4.78, 5) is 0. The molecule has 0 aliphatic carbocycles. The van der Waals surface area contributed by atoms with Crippen LogP contribution in [0, 0.1) is 0 Å². The molecule has 0 aromatic carbocycles. The van der Waals surface area contributed by atoms with Gasteiger partial charge >= 0.3 is 0 Å². The normalized spacial score (nSPS) is 13.3. The second-order valence-electron chi connectivity index (χ2n) is 5.36. The van der Waals surface area contributed by atoms with Gasteiger partial charge in [-0.25, -0.2) is 0 Å². The molecule has 86 valence electrons. The van der Waals surface area contributed by atoms with Gasteiger partial charge in [-0.2, -0.15) is 0 Å². The largest absolute Gasteiger partial charge is 0.416 e. The van der Waals surface area contributed by atoms with E-state index < -0.39 is 8.32 Å². The predicted octanol–water partition coefficient (Wildman–Crippen LogP) is 3.01. The van der Waals surface area contributed by atoms with E-state index in [4.69, 9.17) is 4.43 Å². The molecule has 0 aliphatic heterocycles. The van der Waals surface area contributed by atoms with E-state index in [9.17, 15) is 0 Å². The molecule has 0 rings (SSSR count). The SMILES string of the molecule is CCCNCCO[Si](C)(C)C(C)(C)C. The lowest BCUT2D eigenvalue weighted by Crippen LogP contribution is -2.42. The Labute approximate surface area is 90.6 Å². The first-order valence-electron chi connectivity index (χ1n) is 5.66. The molecule has 0 atom stereocenters. The molecule has 14 heavy (non-hydrogen) atoms. The second-order valence-corrected chi connectivity index (χ2v) is 10.2. The molecule has 0 aromatic heterocycles. The van der Waals surface area contributed by atoms with Crippen molar-refractivity contribution in [1.29, 1.82) is 0 Å². The van der Waals surface area contributed by atoms with Gasteiger partial charge in [0.05, 0.1) is 0 Å². The Bertz CT molecular complexity index is 152. The zero-order chi connectivity index (χ0) is 11.2. The van der Waals surface area contributed by atoms with E-state index in [1.54, 1.807) is 0 Å². The van der Waals surface area contributed by atoms with Gasteiger partial charge in [0.2, 0.25) is 0 Å². The van der Waals surface area contributed by atoms with Crippen LogP contribution in [0.5, 0.6) is 0 Å². The van der Waals surface area contributed by atoms with Crippen LogP contribution in [0.3, 0.4) is 0 Å². The van der Waals surface area contributed by atoms with Gasteiger partial charge in [0, 0.05) is 13.2 Å². The van der Waals surface area contributed by atoms with Crippen molar-refractivity contribution in [2.75, 3.05) is 19.7 Å². The van der Waals surface area contributed by atoms with Crippen LogP contribution in [0.25, 0.3) is 0 Å². The van der Waals surface area contributed by atoms with Gasteiger partial charge in [0.1, 0.15) is 0 Å². The highest BCUT2D eigenvalue weighted by Gasteiger charge is 2.36. The van der Waals surface area contributed by atoms with E-state index in [-0.39, 0.29) is 0 Å². The Morgan fingerprint density at radius 2 is 1.71 bits per heavy atom. The van der Waals surface area contributed by atoms with Gasteiger partial charge in [-0.15, -0.1) is 0 Å². The summed E-state index contributed by atoms with van der Waals surface area (Å²) >= 11 is 0. The minimum absolute atomic E-state index is 0.331. The lowest BCUT2D eigenvalue weighted by atomic mass is 10.2. The molecule has 0 heterocycles. The van der Waals surface area contributed by atoms with Crippen molar-refractivity contribution < 1.29 is 4.43 Å². The van der Waals surface area contributed by atoms with Crippen molar-refractivity contribution in [2.24, 2.45) is 0 Å². The lowest BCUT2D eigenvalue weighted by molar-refractivity contribution is 0.286. The van der Waals surface area contributed by atoms with E-state index in [1.807, 2.05) is 0 Å². The smallest absolute Gasteiger partial charge is 0.192 e. The maximum atomic E-state index is 6.02. The van der Waals surface area contributed by atoms with Crippen LogP contribution in [0.2, 0.25) is 18.1 Å². The Hall–Kier alpha value is 0.137. The van der Waals surface area contributed by atoms with Crippen LogP contribution in [0.4, 0.5) is 0 Å². The van der Waals surface area contributed by atoms with Gasteiger partial charge in [0.15, 0.2) is 8.32 Å². The summed E-state index contributed by atoms with van der Waals surface area (Å²) in [7, 11) is -1.51. The quantitative estimate of drug-likeness (QED) is 0.545. The number of hydrogen-bond donors (Lipinski definition) is 1. The fourth-order valence-electron chi connectivity index (χ4n) is 0.897. The maximum Gasteiger partial charge on any atom is 0.192 e. The van der Waals surface area contributed by atoms with Gasteiger partial charge in [0.25, 0.3) is 0 Å². The molecule has 2 nitrogen and oxygen atoms in total. The first-order valence-corrected chi connectivity index (χ1v) is 8.57. The molecule has 0 unspecified atom stereocenters. The summed E-state index contributed by atoms with van der Waals surface area (Å²) in [6, 6.07) is 0. The molecule has 0 saturated heterocycles. The molecular formula is C11H27NOSi. The molecule has 0 aliphatic rings. The molecule has 3 heteroatoms. The number of hydrogen-bond acceptors (Lipinski definition) is 2. The number of nitrogens with one attached hydrogen (secondary N) is 1. The van der Waals surface area contributed by atoms with Crippen LogP contribution in [0.15, 0.2) is 0 Å². The number of rotatable bonds is 6. The average Bonchev–Trinajstić information content (AvgIpc) is 2.02. The van der Waals surface area contributed by atoms with Gasteiger partial charge in [-0.1, -0.05) is 27.7 Å². The molecular weight excluding hydrogens is 190 g/mol. The summed E-state index contributed by atoms with van der Waals surface area (Å²) in [5.74, 6) is 0. The highest BCUT2D eigenvalue weighted by atomic mass is 28.4. The van der Waals surface area contributed by atoms with Gasteiger partial charge in [-0.3, -0.25) is 0 Å². The maximum absolute atomic E-state index is 6.02. The molecule has 0 radical (unpaired) electrons. The van der Waals surface area contributed by atoms with Gasteiger partial charge in [-0.05, 0) is 31.1 Å². The summed E-state index contributed by atoms with van der Waals surface area (Å²) in [6.07, 6.45) is 1.19. The standard InChI is InChI=1S/C11H27NOSi/c1-7-8-12-9-10-13-14(5,6)11(2,3)4/h12H,7-10H2,1-6H3. The summed E-state index contributed by atoms with van der Waals surface area (Å²) in [5.41, 5.74) is 0. The Balaban J connectivity index is 3.67. The minimum atomic E-state index is -1.51. The fourth-order valence-corrected chi connectivity index (χ4v) is 1.94. The second kappa shape index (κ2) is 5.88. The Morgan fingerprint density at radius 1 is 1.14 bits per heavy atom. The van der Waals surface area contributed by atoms with E-state index in [0.29, 0.717) is 5.04 Å². The third-order valence-electron chi connectivity index (χ3n) is 2.97. The molecule has 1 N–H and O–H groups in total. The van der Waals surface area contributed by atoms with E-state index >= 15 is 0 Å². The molecule has 0 aromatic rings. The summed E-state index contributed by atoms with van der Waals surface area (Å²) < 4.78 is 6.02. The summed E-state index contributed by atoms with van der Waals surface area (Å²) in [5, 5.41) is 3.69. The van der Waals surface area contributed by atoms with Crippen LogP contribution >= 0.6 is 0 Å². The van der Waals surface area contributed by atoms with Crippen molar-refractivity contribution in [3.05, 3.63) is 0 Å². The first kappa shape index (κ1) is 14.1. The van der Waals surface area contributed by atoms with E-state index in [0.717, 1.165) is 19.7 Å². The molecule has 0 saturated carbocycles. The minimum Gasteiger partial charge on any atom is -0.416 e. The molecule has 0 fully saturated rings. The van der Waals surface area contributed by atoms with Crippen LogP contribution < -0.4 is 5.32 Å². The lowest BCUT2D eigenvalue weighted by Gasteiger charge is -2.36. The van der Waals surface area contributed by atoms with Crippen molar-refractivity contribution >= 4 is 8.32 Å². The van der Waals surface area contributed by atoms with Crippen LogP contribution in [-0.4, -0.2) is 28.0 Å². The van der Waals surface area contributed by atoms with Crippen LogP contribution in [0.1, 0.15) is 34.1 Å². The summed E-state index contributed by atoms with van der Waals surface area (Å²) in [6.45, 7) is 16.6. The molecule has 0 spiro atoms. The van der Waals surface area contributed by atoms with Crippen molar-refractivity contribution in [1.82, 2.24) is 5.32 Å². The third kappa shape index (κ3) is 5.13. The van der Waals surface area contributed by atoms with Crippen molar-refractivity contribution in [2.45, 2.75) is 52.2 Å². The molecule has 0 amide bonds. The predicted molar refractivity (Wildman–Crippen MR) is 66.3 cm³/mol. The van der Waals surface area contributed by atoms with Gasteiger partial charge < -0.3 is 9.74 Å². The van der Waals surface area contributed by atoms with E-state index in [1.165, 1.54) is 6.42 Å². The fraction of sp³-hybridized carbons (Fsp3) is 1.00. The molecule has 0 bridgehead atoms. The first-order chi connectivity index (χ1) is 6.31. The Kier molecular flexibility index (Phi) is 5.94. The highest BCUT2D eigenvalue weighted by molar-refractivity contribution is 6.74. The monoisotopic (exact) mass is 217 g/mol. The third-order valence-corrected chi connectivity index (χ3v) is 7.51. The van der Waals surface area contributed by atoms with Crippen molar-refractivity contribution in [3.8, 4) is 0 Å². The van der Waals surface area contributed by atoms with Crippen molar-refractivity contribution in [3.63, 3.8) is 0 Å². The average molecular weight is 217 g/mol. The topological polar surface area (TPSA) is 21.3 Å². The van der Waals surface area contributed by atoms with E-state index in [2.05, 4.69) is 46.1 Å². The Morgan fingerprint density at radius 3 is 2.14 bits per heavy atom. The zero-order valence-corrected chi connectivity index (χ0v) is 11.7. The highest BCUT2D eigenvalue weighted by Crippen LogP contribution is 2.36.